The van der Waals surface area contributed by atoms with Crippen LogP contribution in [0.4, 0.5) is 0 Å². The standard InChI is InChI=1S/C17H30N2O3/c1-4-22-17(21)15-6-5-9-19(12-15)14(3)16(20)18-10-7-13(2)8-11-18/h13-15H,4-12H2,1-3H3. The molecule has 0 radical (unpaired) electrons. The van der Waals surface area contributed by atoms with Crippen molar-refractivity contribution in [3.63, 3.8) is 0 Å². The van der Waals surface area contributed by atoms with Crippen molar-refractivity contribution in [3.8, 4) is 0 Å². The molecule has 5 heteroatoms. The normalized spacial score (nSPS) is 25.8. The molecule has 1 amide bonds. The number of piperidine rings is 2. The lowest BCUT2D eigenvalue weighted by molar-refractivity contribution is -0.152. The quantitative estimate of drug-likeness (QED) is 0.744. The van der Waals surface area contributed by atoms with Gasteiger partial charge in [0.1, 0.15) is 0 Å². The highest BCUT2D eigenvalue weighted by atomic mass is 16.5. The molecule has 0 aromatic heterocycles. The SMILES string of the molecule is CCOC(=O)C1CCCN(C(C)C(=O)N2CCC(C)CC2)C1. The van der Waals surface area contributed by atoms with Gasteiger partial charge < -0.3 is 9.64 Å². The second-order valence-electron chi connectivity index (χ2n) is 6.77. The highest BCUT2D eigenvalue weighted by Crippen LogP contribution is 2.22. The second-order valence-corrected chi connectivity index (χ2v) is 6.77. The summed E-state index contributed by atoms with van der Waals surface area (Å²) < 4.78 is 5.14. The van der Waals surface area contributed by atoms with Crippen molar-refractivity contribution in [2.24, 2.45) is 11.8 Å². The molecule has 2 saturated heterocycles. The number of carbonyl (C=O) groups is 2. The third-order valence-corrected chi connectivity index (χ3v) is 5.07. The maximum Gasteiger partial charge on any atom is 0.310 e. The number of rotatable bonds is 4. The minimum atomic E-state index is -0.134. The minimum Gasteiger partial charge on any atom is -0.466 e. The molecule has 2 aliphatic heterocycles. The largest absolute Gasteiger partial charge is 0.466 e. The zero-order valence-corrected chi connectivity index (χ0v) is 14.2. The highest BCUT2D eigenvalue weighted by Gasteiger charge is 2.33. The predicted molar refractivity (Wildman–Crippen MR) is 85.4 cm³/mol. The second kappa shape index (κ2) is 7.95. The van der Waals surface area contributed by atoms with Gasteiger partial charge in [0.2, 0.25) is 5.91 Å². The van der Waals surface area contributed by atoms with Gasteiger partial charge in [-0.2, -0.15) is 0 Å². The Balaban J connectivity index is 1.89. The van der Waals surface area contributed by atoms with Crippen molar-refractivity contribution in [1.29, 1.82) is 0 Å². The van der Waals surface area contributed by atoms with E-state index in [2.05, 4.69) is 11.8 Å². The van der Waals surface area contributed by atoms with E-state index in [1.807, 2.05) is 18.7 Å². The van der Waals surface area contributed by atoms with Crippen molar-refractivity contribution in [3.05, 3.63) is 0 Å². The fourth-order valence-corrected chi connectivity index (χ4v) is 3.46. The number of hydrogen-bond donors (Lipinski definition) is 0. The molecule has 0 aromatic carbocycles. The molecule has 2 aliphatic rings. The van der Waals surface area contributed by atoms with Crippen LogP contribution in [0.15, 0.2) is 0 Å². The maximum absolute atomic E-state index is 12.7. The van der Waals surface area contributed by atoms with E-state index in [4.69, 9.17) is 4.74 Å². The van der Waals surface area contributed by atoms with Gasteiger partial charge in [-0.25, -0.2) is 0 Å². The van der Waals surface area contributed by atoms with Crippen LogP contribution in [0.1, 0.15) is 46.5 Å². The van der Waals surface area contributed by atoms with Crippen LogP contribution < -0.4 is 0 Å². The van der Waals surface area contributed by atoms with Crippen molar-refractivity contribution in [2.75, 3.05) is 32.8 Å². The molecular formula is C17H30N2O3. The Morgan fingerprint density at radius 2 is 1.86 bits per heavy atom. The minimum absolute atomic E-state index is 0.0784. The van der Waals surface area contributed by atoms with Crippen molar-refractivity contribution < 1.29 is 14.3 Å². The zero-order valence-electron chi connectivity index (χ0n) is 14.2. The lowest BCUT2D eigenvalue weighted by Crippen LogP contribution is -2.52. The van der Waals surface area contributed by atoms with Gasteiger partial charge in [-0.05, 0) is 52.0 Å². The van der Waals surface area contributed by atoms with E-state index in [1.54, 1.807) is 0 Å². The number of hydrogen-bond acceptors (Lipinski definition) is 4. The molecule has 0 N–H and O–H groups in total. The number of amides is 1. The summed E-state index contributed by atoms with van der Waals surface area (Å²) in [7, 11) is 0. The van der Waals surface area contributed by atoms with Crippen molar-refractivity contribution >= 4 is 11.9 Å². The van der Waals surface area contributed by atoms with Crippen LogP contribution in [0.2, 0.25) is 0 Å². The Hall–Kier alpha value is -1.10. The van der Waals surface area contributed by atoms with Gasteiger partial charge in [0, 0.05) is 19.6 Å². The van der Waals surface area contributed by atoms with Gasteiger partial charge in [0.25, 0.3) is 0 Å². The van der Waals surface area contributed by atoms with Crippen LogP contribution >= 0.6 is 0 Å². The summed E-state index contributed by atoms with van der Waals surface area (Å²) in [6.45, 7) is 9.79. The van der Waals surface area contributed by atoms with Crippen molar-refractivity contribution in [1.82, 2.24) is 9.80 Å². The molecule has 126 valence electrons. The fraction of sp³-hybridized carbons (Fsp3) is 0.882. The summed E-state index contributed by atoms with van der Waals surface area (Å²) in [5.41, 5.74) is 0. The number of ether oxygens (including phenoxy) is 1. The highest BCUT2D eigenvalue weighted by molar-refractivity contribution is 5.81. The monoisotopic (exact) mass is 310 g/mol. The molecule has 5 nitrogen and oxygen atoms in total. The molecular weight excluding hydrogens is 280 g/mol. The Morgan fingerprint density at radius 1 is 1.18 bits per heavy atom. The third kappa shape index (κ3) is 4.22. The van der Waals surface area contributed by atoms with Crippen molar-refractivity contribution in [2.45, 2.75) is 52.5 Å². The number of esters is 1. The number of nitrogens with zero attached hydrogens (tertiary/aromatic N) is 2. The Morgan fingerprint density at radius 3 is 2.50 bits per heavy atom. The third-order valence-electron chi connectivity index (χ3n) is 5.07. The Bertz CT molecular complexity index is 391. The molecule has 0 bridgehead atoms. The summed E-state index contributed by atoms with van der Waals surface area (Å²) in [4.78, 5) is 28.8. The van der Waals surface area contributed by atoms with E-state index in [0.717, 1.165) is 51.2 Å². The summed E-state index contributed by atoms with van der Waals surface area (Å²) in [6.07, 6.45) is 4.03. The molecule has 2 fully saturated rings. The van der Waals surface area contributed by atoms with Crippen LogP contribution in [0.25, 0.3) is 0 Å². The van der Waals surface area contributed by atoms with Crippen LogP contribution in [0.5, 0.6) is 0 Å². The van der Waals surface area contributed by atoms with E-state index in [-0.39, 0.29) is 23.8 Å². The molecule has 2 unspecified atom stereocenters. The summed E-state index contributed by atoms with van der Waals surface area (Å²) in [5.74, 6) is 0.753. The Labute approximate surface area is 134 Å². The molecule has 0 aliphatic carbocycles. The average Bonchev–Trinajstić information content (AvgIpc) is 2.54. The summed E-state index contributed by atoms with van der Waals surface area (Å²) >= 11 is 0. The molecule has 22 heavy (non-hydrogen) atoms. The van der Waals surface area contributed by atoms with Gasteiger partial charge in [0.15, 0.2) is 0 Å². The smallest absolute Gasteiger partial charge is 0.310 e. The first kappa shape index (κ1) is 17.3. The number of carbonyl (C=O) groups excluding carboxylic acids is 2. The molecule has 0 saturated carbocycles. The van der Waals surface area contributed by atoms with E-state index >= 15 is 0 Å². The van der Waals surface area contributed by atoms with Gasteiger partial charge in [-0.1, -0.05) is 6.92 Å². The first-order valence-electron chi connectivity index (χ1n) is 8.72. The zero-order chi connectivity index (χ0) is 16.1. The van der Waals surface area contributed by atoms with Crippen LogP contribution in [-0.2, 0) is 14.3 Å². The molecule has 2 rings (SSSR count). The topological polar surface area (TPSA) is 49.9 Å². The first-order valence-corrected chi connectivity index (χ1v) is 8.72. The summed E-state index contributed by atoms with van der Waals surface area (Å²) in [6, 6.07) is -0.134. The Kier molecular flexibility index (Phi) is 6.24. The van der Waals surface area contributed by atoms with Crippen LogP contribution in [-0.4, -0.2) is 60.5 Å². The predicted octanol–water partition coefficient (Wildman–Crippen LogP) is 1.91. The van der Waals surface area contributed by atoms with Gasteiger partial charge in [0.05, 0.1) is 18.6 Å². The molecule has 0 aromatic rings. The van der Waals surface area contributed by atoms with Crippen LogP contribution in [0.3, 0.4) is 0 Å². The van der Waals surface area contributed by atoms with Gasteiger partial charge in [-0.3, -0.25) is 14.5 Å². The van der Waals surface area contributed by atoms with Gasteiger partial charge in [-0.15, -0.1) is 0 Å². The van der Waals surface area contributed by atoms with Gasteiger partial charge >= 0.3 is 5.97 Å². The first-order chi connectivity index (χ1) is 10.5. The fourth-order valence-electron chi connectivity index (χ4n) is 3.46. The number of likely N-dealkylation sites (tertiary alicyclic amines) is 2. The van der Waals surface area contributed by atoms with E-state index in [9.17, 15) is 9.59 Å². The average molecular weight is 310 g/mol. The molecule has 0 spiro atoms. The van der Waals surface area contributed by atoms with E-state index in [1.165, 1.54) is 0 Å². The summed E-state index contributed by atoms with van der Waals surface area (Å²) in [5, 5.41) is 0. The lowest BCUT2D eigenvalue weighted by atomic mass is 9.96. The maximum atomic E-state index is 12.7. The molecule has 2 heterocycles. The molecule has 2 atom stereocenters. The van der Waals surface area contributed by atoms with Crippen LogP contribution in [0, 0.1) is 11.8 Å². The van der Waals surface area contributed by atoms with E-state index < -0.39 is 0 Å². The van der Waals surface area contributed by atoms with E-state index in [0.29, 0.717) is 13.2 Å². The lowest BCUT2D eigenvalue weighted by Gasteiger charge is -2.39.